The van der Waals surface area contributed by atoms with Gasteiger partial charge in [-0.05, 0) is 24.1 Å². The topological polar surface area (TPSA) is 44.1 Å². The summed E-state index contributed by atoms with van der Waals surface area (Å²) in [6, 6.07) is 6.62. The molecular formula is C16H18Cl2N2O2. The van der Waals surface area contributed by atoms with Gasteiger partial charge in [-0.2, -0.15) is 5.10 Å². The van der Waals surface area contributed by atoms with Gasteiger partial charge in [0.05, 0.1) is 19.3 Å². The summed E-state index contributed by atoms with van der Waals surface area (Å²) in [4.78, 5) is 12.1. The zero-order chi connectivity index (χ0) is 15.9. The van der Waals surface area contributed by atoms with Gasteiger partial charge in [0.15, 0.2) is 0 Å². The number of hydrogen-bond acceptors (Lipinski definition) is 3. The molecule has 0 spiro atoms. The van der Waals surface area contributed by atoms with Crippen LogP contribution in [0.3, 0.4) is 0 Å². The van der Waals surface area contributed by atoms with Crippen LogP contribution in [0.15, 0.2) is 35.3 Å². The molecule has 1 heterocycles. The van der Waals surface area contributed by atoms with Gasteiger partial charge in [-0.15, -0.1) is 0 Å². The van der Waals surface area contributed by atoms with Crippen LogP contribution in [-0.2, 0) is 6.54 Å². The highest BCUT2D eigenvalue weighted by molar-refractivity contribution is 6.35. The molecule has 2 rings (SSSR count). The Bertz CT molecular complexity index is 686. The molecule has 22 heavy (non-hydrogen) atoms. The second-order valence-electron chi connectivity index (χ2n) is 4.98. The lowest BCUT2D eigenvalue weighted by molar-refractivity contribution is 0.302. The number of unbranched alkanes of at least 4 members (excludes halogenated alkanes) is 2. The zero-order valence-electron chi connectivity index (χ0n) is 12.4. The lowest BCUT2D eigenvalue weighted by Crippen LogP contribution is -2.22. The Kier molecular flexibility index (Phi) is 6.28. The molecule has 1 aromatic carbocycles. The predicted molar refractivity (Wildman–Crippen MR) is 89.1 cm³/mol. The molecule has 0 saturated carbocycles. The van der Waals surface area contributed by atoms with Crippen molar-refractivity contribution < 1.29 is 4.74 Å². The summed E-state index contributed by atoms with van der Waals surface area (Å²) in [6.45, 7) is 3.03. The third-order valence-corrected chi connectivity index (χ3v) is 3.78. The summed E-state index contributed by atoms with van der Waals surface area (Å²) < 4.78 is 6.86. The fourth-order valence-electron chi connectivity index (χ4n) is 1.97. The van der Waals surface area contributed by atoms with Gasteiger partial charge in [0.25, 0.3) is 5.56 Å². The van der Waals surface area contributed by atoms with E-state index >= 15 is 0 Å². The van der Waals surface area contributed by atoms with Crippen molar-refractivity contribution in [1.82, 2.24) is 9.78 Å². The Balaban J connectivity index is 2.05. The van der Waals surface area contributed by atoms with Crippen molar-refractivity contribution in [3.8, 4) is 5.75 Å². The van der Waals surface area contributed by atoms with E-state index in [9.17, 15) is 4.79 Å². The lowest BCUT2D eigenvalue weighted by atomic mass is 10.2. The Morgan fingerprint density at radius 1 is 1.23 bits per heavy atom. The molecule has 2 aromatic rings. The highest BCUT2D eigenvalue weighted by Crippen LogP contribution is 2.21. The predicted octanol–water partition coefficient (Wildman–Crippen LogP) is 4.17. The summed E-state index contributed by atoms with van der Waals surface area (Å²) in [5, 5.41) is 5.20. The molecule has 0 atom stereocenters. The van der Waals surface area contributed by atoms with Gasteiger partial charge in [0.1, 0.15) is 5.75 Å². The van der Waals surface area contributed by atoms with Crippen molar-refractivity contribution in [3.63, 3.8) is 0 Å². The van der Waals surface area contributed by atoms with Gasteiger partial charge in [-0.3, -0.25) is 4.79 Å². The van der Waals surface area contributed by atoms with E-state index < -0.39 is 0 Å². The van der Waals surface area contributed by atoms with Crippen molar-refractivity contribution in [2.45, 2.75) is 32.7 Å². The van der Waals surface area contributed by atoms with Crippen LogP contribution in [0, 0.1) is 0 Å². The quantitative estimate of drug-likeness (QED) is 0.710. The number of aromatic nitrogens is 2. The summed E-state index contributed by atoms with van der Waals surface area (Å²) in [5.41, 5.74) is 0.566. The zero-order valence-corrected chi connectivity index (χ0v) is 13.9. The number of ether oxygens (including phenoxy) is 1. The fourth-order valence-corrected chi connectivity index (χ4v) is 2.44. The van der Waals surface area contributed by atoms with E-state index in [2.05, 4.69) is 12.0 Å². The maximum atomic E-state index is 12.1. The number of hydrogen-bond donors (Lipinski definition) is 0. The molecule has 0 saturated heterocycles. The van der Waals surface area contributed by atoms with Crippen LogP contribution < -0.4 is 10.3 Å². The van der Waals surface area contributed by atoms with E-state index in [1.54, 1.807) is 24.4 Å². The molecule has 0 aliphatic carbocycles. The van der Waals surface area contributed by atoms with Crippen molar-refractivity contribution in [2.24, 2.45) is 0 Å². The van der Waals surface area contributed by atoms with Crippen LogP contribution >= 0.6 is 23.2 Å². The van der Waals surface area contributed by atoms with Crippen LogP contribution in [0.2, 0.25) is 10.0 Å². The second kappa shape index (κ2) is 8.20. The largest absolute Gasteiger partial charge is 0.492 e. The monoisotopic (exact) mass is 340 g/mol. The van der Waals surface area contributed by atoms with Crippen LogP contribution in [0.5, 0.6) is 5.75 Å². The number of rotatable bonds is 7. The highest BCUT2D eigenvalue weighted by Gasteiger charge is 2.06. The van der Waals surface area contributed by atoms with Gasteiger partial charge in [-0.25, -0.2) is 4.68 Å². The van der Waals surface area contributed by atoms with Crippen molar-refractivity contribution in [3.05, 3.63) is 56.4 Å². The normalized spacial score (nSPS) is 10.7. The first-order chi connectivity index (χ1) is 10.6. The first-order valence-electron chi connectivity index (χ1n) is 7.24. The van der Waals surface area contributed by atoms with Gasteiger partial charge >= 0.3 is 0 Å². The van der Waals surface area contributed by atoms with Crippen LogP contribution in [0.4, 0.5) is 0 Å². The second-order valence-corrected chi connectivity index (χ2v) is 5.82. The molecule has 0 bridgehead atoms. The average Bonchev–Trinajstić information content (AvgIpc) is 2.49. The maximum Gasteiger partial charge on any atom is 0.270 e. The first-order valence-corrected chi connectivity index (χ1v) is 7.99. The fraction of sp³-hybridized carbons (Fsp3) is 0.375. The Morgan fingerprint density at radius 2 is 2.05 bits per heavy atom. The number of nitrogens with zero attached hydrogens (tertiary/aromatic N) is 2. The average molecular weight is 341 g/mol. The Morgan fingerprint density at radius 3 is 2.73 bits per heavy atom. The minimum Gasteiger partial charge on any atom is -0.492 e. The standard InChI is InChI=1S/C16H18Cl2N2O2/c1-2-3-4-7-22-14-9-16(21)20(19-10-14)11-12-5-6-13(17)8-15(12)18/h5-6,8-10H,2-4,7,11H2,1H3. The van der Waals surface area contributed by atoms with E-state index in [-0.39, 0.29) is 5.56 Å². The summed E-state index contributed by atoms with van der Waals surface area (Å²) in [7, 11) is 0. The molecule has 0 amide bonds. The lowest BCUT2D eigenvalue weighted by Gasteiger charge is -2.09. The molecular weight excluding hydrogens is 323 g/mol. The number of halogens is 2. The summed E-state index contributed by atoms with van der Waals surface area (Å²) in [5.74, 6) is 0.500. The highest BCUT2D eigenvalue weighted by atomic mass is 35.5. The van der Waals surface area contributed by atoms with Crippen molar-refractivity contribution in [2.75, 3.05) is 6.61 Å². The Hall–Kier alpha value is -1.52. The third-order valence-electron chi connectivity index (χ3n) is 3.20. The van der Waals surface area contributed by atoms with Gasteiger partial charge in [-0.1, -0.05) is 49.0 Å². The summed E-state index contributed by atoms with van der Waals surface area (Å²) >= 11 is 12.0. The van der Waals surface area contributed by atoms with E-state index in [4.69, 9.17) is 27.9 Å². The molecule has 0 aliphatic heterocycles. The van der Waals surface area contributed by atoms with Crippen LogP contribution in [0.25, 0.3) is 0 Å². The van der Waals surface area contributed by atoms with E-state index in [1.165, 1.54) is 10.7 Å². The molecule has 4 nitrogen and oxygen atoms in total. The Labute approximate surface area is 139 Å². The number of benzene rings is 1. The summed E-state index contributed by atoms with van der Waals surface area (Å²) in [6.07, 6.45) is 4.77. The van der Waals surface area contributed by atoms with E-state index in [0.29, 0.717) is 28.9 Å². The van der Waals surface area contributed by atoms with Gasteiger partial charge in [0, 0.05) is 16.1 Å². The van der Waals surface area contributed by atoms with E-state index in [0.717, 1.165) is 24.8 Å². The molecule has 0 aliphatic rings. The third kappa shape index (κ3) is 4.75. The smallest absolute Gasteiger partial charge is 0.270 e. The minimum atomic E-state index is -0.223. The minimum absolute atomic E-state index is 0.223. The van der Waals surface area contributed by atoms with Gasteiger partial charge < -0.3 is 4.74 Å². The van der Waals surface area contributed by atoms with Crippen molar-refractivity contribution in [1.29, 1.82) is 0 Å². The molecule has 1 aromatic heterocycles. The maximum absolute atomic E-state index is 12.1. The molecule has 0 fully saturated rings. The van der Waals surface area contributed by atoms with Crippen molar-refractivity contribution >= 4 is 23.2 Å². The molecule has 0 radical (unpaired) electrons. The molecule has 0 unspecified atom stereocenters. The first kappa shape index (κ1) is 16.8. The molecule has 118 valence electrons. The van der Waals surface area contributed by atoms with Crippen LogP contribution in [-0.4, -0.2) is 16.4 Å². The van der Waals surface area contributed by atoms with Crippen LogP contribution in [0.1, 0.15) is 31.7 Å². The molecule has 0 N–H and O–H groups in total. The molecule has 6 heteroatoms. The SMILES string of the molecule is CCCCCOc1cnn(Cc2ccc(Cl)cc2Cl)c(=O)c1. The van der Waals surface area contributed by atoms with E-state index in [1.807, 2.05) is 0 Å². The van der Waals surface area contributed by atoms with Gasteiger partial charge in [0.2, 0.25) is 0 Å².